The van der Waals surface area contributed by atoms with Crippen molar-refractivity contribution < 1.29 is 0 Å². The van der Waals surface area contributed by atoms with Crippen LogP contribution in [0.3, 0.4) is 0 Å². The molecule has 0 radical (unpaired) electrons. The van der Waals surface area contributed by atoms with Crippen LogP contribution in [0.4, 0.5) is 11.6 Å². The molecule has 0 aliphatic carbocycles. The number of hydrogen-bond acceptors (Lipinski definition) is 7. The molecular weight excluding hydrogens is 302 g/mol. The van der Waals surface area contributed by atoms with Crippen LogP contribution in [-0.4, -0.2) is 58.9 Å². The lowest BCUT2D eigenvalue weighted by Gasteiger charge is -2.44. The van der Waals surface area contributed by atoms with Crippen LogP contribution >= 0.6 is 0 Å². The number of piperazine rings is 1. The van der Waals surface area contributed by atoms with E-state index in [2.05, 4.69) is 47.3 Å². The van der Waals surface area contributed by atoms with Gasteiger partial charge in [0, 0.05) is 51.0 Å². The quantitative estimate of drug-likeness (QED) is 0.904. The van der Waals surface area contributed by atoms with Gasteiger partial charge in [0.2, 0.25) is 5.95 Å². The van der Waals surface area contributed by atoms with Crippen LogP contribution in [0.5, 0.6) is 0 Å². The summed E-state index contributed by atoms with van der Waals surface area (Å²) in [6, 6.07) is 6.02. The van der Waals surface area contributed by atoms with Crippen molar-refractivity contribution in [2.45, 2.75) is 19.0 Å². The van der Waals surface area contributed by atoms with Gasteiger partial charge in [-0.05, 0) is 31.0 Å². The van der Waals surface area contributed by atoms with Crippen LogP contribution in [0.2, 0.25) is 0 Å². The smallest absolute Gasteiger partial charge is 0.225 e. The van der Waals surface area contributed by atoms with E-state index in [1.165, 1.54) is 18.5 Å². The van der Waals surface area contributed by atoms with Crippen molar-refractivity contribution in [1.82, 2.24) is 25.3 Å². The molecule has 7 nitrogen and oxygen atoms in total. The maximum absolute atomic E-state index is 4.41. The third-order valence-corrected chi connectivity index (χ3v) is 4.60. The van der Waals surface area contributed by atoms with Gasteiger partial charge in [-0.15, -0.1) is 0 Å². The Bertz CT molecular complexity index is 630. The Morgan fingerprint density at radius 2 is 1.75 bits per heavy atom. The minimum Gasteiger partial charge on any atom is -0.336 e. The third-order valence-electron chi connectivity index (χ3n) is 4.60. The van der Waals surface area contributed by atoms with Crippen LogP contribution in [0.15, 0.2) is 43.0 Å². The van der Waals surface area contributed by atoms with Crippen molar-refractivity contribution in [3.63, 3.8) is 0 Å². The third kappa shape index (κ3) is 3.18. The van der Waals surface area contributed by atoms with Crippen molar-refractivity contribution in [2.75, 3.05) is 42.6 Å². The van der Waals surface area contributed by atoms with E-state index in [0.29, 0.717) is 0 Å². The number of pyridine rings is 1. The molecule has 1 unspecified atom stereocenters. The second kappa shape index (κ2) is 7.11. The molecule has 7 heteroatoms. The normalized spacial score (nSPS) is 21.8. The van der Waals surface area contributed by atoms with Gasteiger partial charge in [0.1, 0.15) is 6.17 Å². The Kier molecular flexibility index (Phi) is 4.53. The molecule has 4 heterocycles. The maximum atomic E-state index is 4.41. The van der Waals surface area contributed by atoms with Gasteiger partial charge in [0.25, 0.3) is 0 Å². The fourth-order valence-electron chi connectivity index (χ4n) is 3.48. The van der Waals surface area contributed by atoms with E-state index in [0.717, 1.165) is 38.7 Å². The van der Waals surface area contributed by atoms with Crippen molar-refractivity contribution in [2.24, 2.45) is 0 Å². The summed E-state index contributed by atoms with van der Waals surface area (Å²) in [6.45, 7) is 4.89. The maximum Gasteiger partial charge on any atom is 0.225 e. The first-order valence-corrected chi connectivity index (χ1v) is 8.61. The summed E-state index contributed by atoms with van der Waals surface area (Å²) in [5.41, 5.74) is 1.18. The van der Waals surface area contributed by atoms with Crippen LogP contribution in [0, 0.1) is 0 Å². The van der Waals surface area contributed by atoms with Crippen LogP contribution in [0.1, 0.15) is 12.8 Å². The van der Waals surface area contributed by atoms with E-state index in [4.69, 9.17) is 0 Å². The van der Waals surface area contributed by atoms with E-state index in [9.17, 15) is 0 Å². The molecule has 2 aliphatic heterocycles. The summed E-state index contributed by atoms with van der Waals surface area (Å²) in [6.07, 6.45) is 10.0. The molecule has 2 saturated heterocycles. The van der Waals surface area contributed by atoms with E-state index >= 15 is 0 Å². The summed E-state index contributed by atoms with van der Waals surface area (Å²) < 4.78 is 0. The summed E-state index contributed by atoms with van der Waals surface area (Å²) in [5.74, 6) is 0.806. The minimum absolute atomic E-state index is 0.197. The van der Waals surface area contributed by atoms with Crippen molar-refractivity contribution in [3.8, 4) is 0 Å². The van der Waals surface area contributed by atoms with Crippen LogP contribution in [-0.2, 0) is 0 Å². The largest absolute Gasteiger partial charge is 0.336 e. The minimum atomic E-state index is 0.197. The summed E-state index contributed by atoms with van der Waals surface area (Å²) in [4.78, 5) is 15.2. The Morgan fingerprint density at radius 1 is 1.00 bits per heavy atom. The SMILES string of the molecule is c1cnc(N2CCNC(N(c3ccncc3)N3CCCC3)C2)nc1. The molecule has 2 aromatic rings. The highest BCUT2D eigenvalue weighted by Crippen LogP contribution is 2.23. The highest BCUT2D eigenvalue weighted by Gasteiger charge is 2.31. The predicted octanol–water partition coefficient (Wildman–Crippen LogP) is 1.12. The van der Waals surface area contributed by atoms with Crippen molar-refractivity contribution in [3.05, 3.63) is 43.0 Å². The molecular formula is C17H23N7. The molecule has 0 spiro atoms. The molecule has 2 fully saturated rings. The van der Waals surface area contributed by atoms with Gasteiger partial charge in [-0.2, -0.15) is 0 Å². The van der Waals surface area contributed by atoms with Crippen LogP contribution in [0.25, 0.3) is 0 Å². The highest BCUT2D eigenvalue weighted by atomic mass is 15.7. The van der Waals surface area contributed by atoms with Crippen molar-refractivity contribution in [1.29, 1.82) is 0 Å². The van der Waals surface area contributed by atoms with Gasteiger partial charge in [-0.1, -0.05) is 0 Å². The predicted molar refractivity (Wildman–Crippen MR) is 93.6 cm³/mol. The molecule has 4 rings (SSSR count). The number of aromatic nitrogens is 3. The zero-order valence-corrected chi connectivity index (χ0v) is 13.8. The van der Waals surface area contributed by atoms with Gasteiger partial charge in [0.05, 0.1) is 12.2 Å². The van der Waals surface area contributed by atoms with E-state index in [-0.39, 0.29) is 6.17 Å². The zero-order chi connectivity index (χ0) is 16.2. The Morgan fingerprint density at radius 3 is 2.50 bits per heavy atom. The number of hydrogen-bond donors (Lipinski definition) is 1. The average Bonchev–Trinajstić information content (AvgIpc) is 3.18. The van der Waals surface area contributed by atoms with Crippen LogP contribution < -0.4 is 15.2 Å². The fourth-order valence-corrected chi connectivity index (χ4v) is 3.48. The van der Waals surface area contributed by atoms with E-state index in [1.54, 1.807) is 12.4 Å². The summed E-state index contributed by atoms with van der Waals surface area (Å²) in [5, 5.41) is 8.50. The fraction of sp³-hybridized carbons (Fsp3) is 0.471. The first kappa shape index (κ1) is 15.3. The molecule has 0 amide bonds. The lowest BCUT2D eigenvalue weighted by Crippen LogP contribution is -2.63. The zero-order valence-electron chi connectivity index (χ0n) is 13.8. The molecule has 0 aromatic carbocycles. The van der Waals surface area contributed by atoms with Crippen molar-refractivity contribution >= 4 is 11.6 Å². The first-order valence-electron chi connectivity index (χ1n) is 8.61. The number of rotatable bonds is 4. The van der Waals surface area contributed by atoms with Gasteiger partial charge < -0.3 is 4.90 Å². The van der Waals surface area contributed by atoms with E-state index < -0.39 is 0 Å². The Labute approximate surface area is 142 Å². The number of nitrogens with zero attached hydrogens (tertiary/aromatic N) is 6. The van der Waals surface area contributed by atoms with Gasteiger partial charge in [-0.25, -0.2) is 15.0 Å². The van der Waals surface area contributed by atoms with Gasteiger partial charge in [0.15, 0.2) is 0 Å². The molecule has 0 saturated carbocycles. The molecule has 1 N–H and O–H groups in total. The van der Waals surface area contributed by atoms with Gasteiger partial charge >= 0.3 is 0 Å². The summed E-state index contributed by atoms with van der Waals surface area (Å²) in [7, 11) is 0. The average molecular weight is 325 g/mol. The van der Waals surface area contributed by atoms with Gasteiger partial charge in [-0.3, -0.25) is 15.3 Å². The monoisotopic (exact) mass is 325 g/mol. The molecule has 2 aromatic heterocycles. The molecule has 0 bridgehead atoms. The number of nitrogens with one attached hydrogen (secondary N) is 1. The van der Waals surface area contributed by atoms with E-state index in [1.807, 2.05) is 18.5 Å². The number of anilines is 2. The highest BCUT2D eigenvalue weighted by molar-refractivity contribution is 5.46. The topological polar surface area (TPSA) is 60.4 Å². The molecule has 126 valence electrons. The Hall–Kier alpha value is -2.25. The summed E-state index contributed by atoms with van der Waals surface area (Å²) >= 11 is 0. The lowest BCUT2D eigenvalue weighted by atomic mass is 10.2. The molecule has 24 heavy (non-hydrogen) atoms. The molecule has 2 aliphatic rings. The standard InChI is InChI=1S/C17H23N7/c1-2-12-23(11-1)24(15-4-8-18-9-5-15)16-14-22(13-10-19-16)17-20-6-3-7-21-17/h3-9,16,19H,1-2,10-14H2. The second-order valence-electron chi connectivity index (χ2n) is 6.18. The first-order chi connectivity index (χ1) is 11.9. The second-order valence-corrected chi connectivity index (χ2v) is 6.18. The molecule has 1 atom stereocenters. The lowest BCUT2D eigenvalue weighted by molar-refractivity contribution is 0.242. The Balaban J connectivity index is 1.58. The number of hydrazine groups is 1.